The smallest absolute Gasteiger partial charge is 0.110 e. The van der Waals surface area contributed by atoms with Crippen LogP contribution in [0.25, 0.3) is 0 Å². The Balaban J connectivity index is 2.74. The molecule has 7 heteroatoms. The average Bonchev–Trinajstić information content (AvgIpc) is 2.69. The summed E-state index contributed by atoms with van der Waals surface area (Å²) >= 11 is 0. The van der Waals surface area contributed by atoms with E-state index in [1.54, 1.807) is 4.90 Å². The summed E-state index contributed by atoms with van der Waals surface area (Å²) in [6.45, 7) is 2.11. The fraction of sp³-hybridized carbons (Fsp3) is 1.00. The summed E-state index contributed by atoms with van der Waals surface area (Å²) in [4.78, 5) is 1.71. The monoisotopic (exact) mass is 279 g/mol. The molecule has 0 unspecified atom stereocenters. The van der Waals surface area contributed by atoms with Crippen LogP contribution in [-0.4, -0.2) is 91.8 Å². The van der Waals surface area contributed by atoms with Gasteiger partial charge in [0, 0.05) is 6.54 Å². The van der Waals surface area contributed by atoms with Gasteiger partial charge in [0.2, 0.25) is 0 Å². The normalized spacial score (nSPS) is 33.3. The number of hydrogen-bond donors (Lipinski definition) is 6. The largest absolute Gasteiger partial charge is 0.394 e. The molecule has 19 heavy (non-hydrogen) atoms. The minimum Gasteiger partial charge on any atom is -0.394 e. The van der Waals surface area contributed by atoms with Crippen molar-refractivity contribution in [2.24, 2.45) is 0 Å². The van der Waals surface area contributed by atoms with Gasteiger partial charge in [0.25, 0.3) is 0 Å². The van der Waals surface area contributed by atoms with E-state index in [0.29, 0.717) is 6.54 Å². The molecule has 0 aromatic heterocycles. The molecule has 0 amide bonds. The van der Waals surface area contributed by atoms with Crippen LogP contribution < -0.4 is 0 Å². The van der Waals surface area contributed by atoms with E-state index in [4.69, 9.17) is 5.11 Å². The Morgan fingerprint density at radius 3 is 2.37 bits per heavy atom. The highest BCUT2D eigenvalue weighted by Crippen LogP contribution is 2.24. The minimum atomic E-state index is -1.57. The van der Waals surface area contributed by atoms with Gasteiger partial charge >= 0.3 is 0 Å². The zero-order valence-electron chi connectivity index (χ0n) is 11.1. The number of aliphatic hydroxyl groups excluding tert-OH is 6. The van der Waals surface area contributed by atoms with Crippen molar-refractivity contribution < 1.29 is 30.6 Å². The number of nitrogens with zero attached hydrogens (tertiary/aromatic N) is 1. The highest BCUT2D eigenvalue weighted by Gasteiger charge is 2.46. The topological polar surface area (TPSA) is 125 Å². The summed E-state index contributed by atoms with van der Waals surface area (Å²) in [6.07, 6.45) is -4.91. The van der Waals surface area contributed by atoms with E-state index in [1.165, 1.54) is 0 Å². The predicted octanol–water partition coefficient (Wildman–Crippen LogP) is -2.73. The molecule has 0 saturated carbocycles. The number of hydrogen-bond acceptors (Lipinski definition) is 7. The highest BCUT2D eigenvalue weighted by atomic mass is 16.4. The van der Waals surface area contributed by atoms with Gasteiger partial charge in [-0.2, -0.15) is 0 Å². The summed E-state index contributed by atoms with van der Waals surface area (Å²) in [5.41, 5.74) is 0. The lowest BCUT2D eigenvalue weighted by atomic mass is 9.96. The van der Waals surface area contributed by atoms with Crippen molar-refractivity contribution in [3.05, 3.63) is 0 Å². The number of unbranched alkanes of at least 4 members (excludes halogenated alkanes) is 1. The molecular formula is C12H25NO6. The number of rotatable bonds is 7. The summed E-state index contributed by atoms with van der Waals surface area (Å²) in [5.74, 6) is 0. The first-order valence-electron chi connectivity index (χ1n) is 6.69. The molecule has 7 nitrogen and oxygen atoms in total. The second-order valence-corrected chi connectivity index (χ2v) is 5.13. The van der Waals surface area contributed by atoms with Crippen LogP contribution in [0.3, 0.4) is 0 Å². The fourth-order valence-corrected chi connectivity index (χ4v) is 2.47. The molecule has 1 fully saturated rings. The lowest BCUT2D eigenvalue weighted by Crippen LogP contribution is -2.54. The first-order chi connectivity index (χ1) is 8.93. The van der Waals surface area contributed by atoms with Crippen molar-refractivity contribution in [3.8, 4) is 0 Å². The van der Waals surface area contributed by atoms with Crippen molar-refractivity contribution in [3.63, 3.8) is 0 Å². The molecule has 0 spiro atoms. The first kappa shape index (κ1) is 16.8. The third-order valence-electron chi connectivity index (χ3n) is 3.67. The highest BCUT2D eigenvalue weighted by molar-refractivity contribution is 5.00. The Hall–Kier alpha value is -0.280. The van der Waals surface area contributed by atoms with Crippen molar-refractivity contribution in [2.75, 3.05) is 19.7 Å². The second kappa shape index (κ2) is 7.49. The maximum Gasteiger partial charge on any atom is 0.110 e. The molecule has 0 aliphatic carbocycles. The lowest BCUT2D eigenvalue weighted by molar-refractivity contribution is -0.114. The number of β-amino-alcohol motifs (C(OH)–C–C–N with tert-alkyl or cyclic N) is 1. The van der Waals surface area contributed by atoms with Gasteiger partial charge in [0.15, 0.2) is 0 Å². The zero-order valence-corrected chi connectivity index (χ0v) is 11.1. The summed E-state index contributed by atoms with van der Waals surface area (Å²) in [6, 6.07) is -0.849. The van der Waals surface area contributed by atoms with Crippen molar-refractivity contribution in [2.45, 2.75) is 56.3 Å². The van der Waals surface area contributed by atoms with Gasteiger partial charge in [-0.25, -0.2) is 0 Å². The SMILES string of the molecule is CCCCN1C[C@H](O)[C@H](O)[C@@H]1[C@@H](O)[C@H](O)[C@H](O)CO. The quantitative estimate of drug-likeness (QED) is 0.299. The van der Waals surface area contributed by atoms with Gasteiger partial charge in [-0.15, -0.1) is 0 Å². The van der Waals surface area contributed by atoms with Crippen LogP contribution in [-0.2, 0) is 0 Å². The van der Waals surface area contributed by atoms with Crippen LogP contribution in [0.2, 0.25) is 0 Å². The molecule has 1 heterocycles. The van der Waals surface area contributed by atoms with E-state index >= 15 is 0 Å². The van der Waals surface area contributed by atoms with Gasteiger partial charge in [0.05, 0.1) is 24.9 Å². The summed E-state index contributed by atoms with van der Waals surface area (Å²) in [7, 11) is 0. The average molecular weight is 279 g/mol. The van der Waals surface area contributed by atoms with E-state index in [-0.39, 0.29) is 6.54 Å². The third-order valence-corrected chi connectivity index (χ3v) is 3.67. The standard InChI is InChI=1S/C12H25NO6/c1-2-3-4-13-5-7(15)10(17)9(13)12(19)11(18)8(16)6-14/h7-12,14-19H,2-6H2,1H3/t7-,8+,9+,10-,11+,12+/m0/s1. The Morgan fingerprint density at radius 1 is 1.21 bits per heavy atom. The Bertz CT molecular complexity index is 267. The van der Waals surface area contributed by atoms with Crippen LogP contribution in [0.15, 0.2) is 0 Å². The molecule has 1 aliphatic rings. The Kier molecular flexibility index (Phi) is 6.61. The molecule has 1 saturated heterocycles. The minimum absolute atomic E-state index is 0.213. The zero-order chi connectivity index (χ0) is 14.6. The maximum atomic E-state index is 10.0. The Morgan fingerprint density at radius 2 is 1.84 bits per heavy atom. The summed E-state index contributed by atoms with van der Waals surface area (Å²) in [5, 5.41) is 57.4. The molecule has 114 valence electrons. The lowest BCUT2D eigenvalue weighted by Gasteiger charge is -2.33. The van der Waals surface area contributed by atoms with Gasteiger partial charge in [0.1, 0.15) is 18.3 Å². The van der Waals surface area contributed by atoms with Crippen LogP contribution in [0.4, 0.5) is 0 Å². The molecule has 0 aromatic rings. The van der Waals surface area contributed by atoms with Gasteiger partial charge in [-0.05, 0) is 13.0 Å². The molecule has 1 rings (SSSR count). The molecule has 1 aliphatic heterocycles. The Labute approximate surface area is 112 Å². The predicted molar refractivity (Wildman–Crippen MR) is 67.4 cm³/mol. The van der Waals surface area contributed by atoms with E-state index in [9.17, 15) is 25.5 Å². The van der Waals surface area contributed by atoms with Gasteiger partial charge in [-0.3, -0.25) is 4.90 Å². The van der Waals surface area contributed by atoms with Crippen molar-refractivity contribution in [1.82, 2.24) is 4.90 Å². The van der Waals surface area contributed by atoms with Gasteiger partial charge in [-0.1, -0.05) is 13.3 Å². The van der Waals surface area contributed by atoms with Crippen molar-refractivity contribution in [1.29, 1.82) is 0 Å². The molecule has 0 aromatic carbocycles. The van der Waals surface area contributed by atoms with E-state index < -0.39 is 43.2 Å². The number of likely N-dealkylation sites (tertiary alicyclic amines) is 1. The molecule has 6 N–H and O–H groups in total. The van der Waals surface area contributed by atoms with E-state index in [1.807, 2.05) is 6.92 Å². The molecule has 6 atom stereocenters. The van der Waals surface area contributed by atoms with Crippen LogP contribution >= 0.6 is 0 Å². The molecule has 0 bridgehead atoms. The molecule has 0 radical (unpaired) electrons. The maximum absolute atomic E-state index is 10.0. The number of aliphatic hydroxyl groups is 6. The van der Waals surface area contributed by atoms with Crippen LogP contribution in [0, 0.1) is 0 Å². The fourth-order valence-electron chi connectivity index (χ4n) is 2.47. The van der Waals surface area contributed by atoms with E-state index in [2.05, 4.69) is 0 Å². The third kappa shape index (κ3) is 3.85. The first-order valence-corrected chi connectivity index (χ1v) is 6.69. The summed E-state index contributed by atoms with van der Waals surface area (Å²) < 4.78 is 0. The van der Waals surface area contributed by atoms with E-state index in [0.717, 1.165) is 12.8 Å². The second-order valence-electron chi connectivity index (χ2n) is 5.13. The van der Waals surface area contributed by atoms with Gasteiger partial charge < -0.3 is 30.6 Å². The van der Waals surface area contributed by atoms with Crippen LogP contribution in [0.1, 0.15) is 19.8 Å². The van der Waals surface area contributed by atoms with Crippen molar-refractivity contribution >= 4 is 0 Å². The van der Waals surface area contributed by atoms with Crippen LogP contribution in [0.5, 0.6) is 0 Å². The molecular weight excluding hydrogens is 254 g/mol.